The number of carbonyl (C=O) groups is 1. The largest absolute Gasteiger partial charge is 0.508 e. The molecule has 5 nitrogen and oxygen atoms in total. The molecule has 0 amide bonds. The molecule has 3 aromatic rings. The Balaban J connectivity index is 2.35. The summed E-state index contributed by atoms with van der Waals surface area (Å²) in [5.41, 5.74) is 0.0748. The summed E-state index contributed by atoms with van der Waals surface area (Å²) < 4.78 is 5.21. The molecule has 0 radical (unpaired) electrons. The van der Waals surface area contributed by atoms with E-state index in [4.69, 9.17) is 4.42 Å². The van der Waals surface area contributed by atoms with Gasteiger partial charge >= 0.3 is 5.63 Å². The van der Waals surface area contributed by atoms with Crippen LogP contribution in [0, 0.1) is 0 Å². The van der Waals surface area contributed by atoms with Crippen LogP contribution in [0.3, 0.4) is 0 Å². The summed E-state index contributed by atoms with van der Waals surface area (Å²) >= 11 is 0. The van der Waals surface area contributed by atoms with E-state index in [-0.39, 0.29) is 39.4 Å². The molecule has 1 aromatic heterocycles. The van der Waals surface area contributed by atoms with E-state index in [0.29, 0.717) is 5.56 Å². The number of allylic oxidation sites excluding steroid dienone is 1. The fraction of sp³-hybridized carbons (Fsp3) is 0.0526. The average Bonchev–Trinajstić information content (AvgIpc) is 2.54. The second kappa shape index (κ2) is 6.04. The van der Waals surface area contributed by atoms with Crippen molar-refractivity contribution >= 4 is 22.3 Å². The lowest BCUT2D eigenvalue weighted by atomic mass is 9.96. The van der Waals surface area contributed by atoms with Crippen LogP contribution < -0.4 is 5.63 Å². The van der Waals surface area contributed by atoms with E-state index in [1.54, 1.807) is 30.3 Å². The lowest BCUT2D eigenvalue weighted by Crippen LogP contribution is -2.09. The molecule has 3 rings (SSSR count). The maximum Gasteiger partial charge on any atom is 0.348 e. The zero-order valence-electron chi connectivity index (χ0n) is 12.8. The minimum Gasteiger partial charge on any atom is -0.508 e. The topological polar surface area (TPSA) is 87.7 Å². The monoisotopic (exact) mass is 322 g/mol. The Bertz CT molecular complexity index is 1010. The number of phenols is 1. The summed E-state index contributed by atoms with van der Waals surface area (Å²) in [5.74, 6) is -0.642. The SMILES string of the molecule is CC(=O)/C=C(\c1ccccc1)c1c(O)c2ccc(O)cc2oc1=O. The Morgan fingerprint density at radius 2 is 1.79 bits per heavy atom. The smallest absolute Gasteiger partial charge is 0.348 e. The number of ketones is 1. The molecule has 2 N–H and O–H groups in total. The van der Waals surface area contributed by atoms with Gasteiger partial charge < -0.3 is 14.6 Å². The molecule has 0 atom stereocenters. The van der Waals surface area contributed by atoms with E-state index in [9.17, 15) is 19.8 Å². The molecule has 0 aliphatic rings. The summed E-state index contributed by atoms with van der Waals surface area (Å²) in [5, 5.41) is 20.3. The molecule has 5 heteroatoms. The van der Waals surface area contributed by atoms with E-state index in [2.05, 4.69) is 0 Å². The first kappa shape index (κ1) is 15.6. The van der Waals surface area contributed by atoms with Gasteiger partial charge in [-0.25, -0.2) is 4.79 Å². The Kier molecular flexibility index (Phi) is 3.92. The number of hydrogen-bond donors (Lipinski definition) is 2. The number of aromatic hydroxyl groups is 2. The van der Waals surface area contributed by atoms with Crippen LogP contribution in [0.4, 0.5) is 0 Å². The summed E-state index contributed by atoms with van der Waals surface area (Å²) in [4.78, 5) is 24.0. The maximum atomic E-state index is 12.4. The number of benzene rings is 2. The standard InChI is InChI=1S/C19H14O5/c1-11(20)9-15(12-5-3-2-4-6-12)17-18(22)14-8-7-13(21)10-16(14)24-19(17)23/h2-10,21-22H,1H3/b15-9+. The van der Waals surface area contributed by atoms with E-state index in [1.165, 1.54) is 31.2 Å². The first-order chi connectivity index (χ1) is 11.5. The van der Waals surface area contributed by atoms with Crippen molar-refractivity contribution in [2.75, 3.05) is 0 Å². The molecular weight excluding hydrogens is 308 g/mol. The van der Waals surface area contributed by atoms with Crippen LogP contribution in [0.1, 0.15) is 18.1 Å². The summed E-state index contributed by atoms with van der Waals surface area (Å²) in [6.07, 6.45) is 1.29. The third-order valence-electron chi connectivity index (χ3n) is 3.57. The van der Waals surface area contributed by atoms with Crippen LogP contribution in [-0.4, -0.2) is 16.0 Å². The lowest BCUT2D eigenvalue weighted by molar-refractivity contribution is -0.112. The van der Waals surface area contributed by atoms with Crippen LogP contribution in [0.5, 0.6) is 11.5 Å². The number of phenolic OH excluding ortho intramolecular Hbond substituents is 1. The van der Waals surface area contributed by atoms with Gasteiger partial charge in [0, 0.05) is 11.6 Å². The van der Waals surface area contributed by atoms with E-state index >= 15 is 0 Å². The minimum absolute atomic E-state index is 0.0662. The number of fused-ring (bicyclic) bond motifs is 1. The molecule has 24 heavy (non-hydrogen) atoms. The number of carbonyl (C=O) groups excluding carboxylic acids is 1. The molecule has 0 bridgehead atoms. The molecule has 0 unspecified atom stereocenters. The zero-order valence-corrected chi connectivity index (χ0v) is 12.8. The average molecular weight is 322 g/mol. The third kappa shape index (κ3) is 2.79. The van der Waals surface area contributed by atoms with Crippen LogP contribution in [0.25, 0.3) is 16.5 Å². The highest BCUT2D eigenvalue weighted by molar-refractivity contribution is 6.01. The first-order valence-corrected chi connectivity index (χ1v) is 7.24. The van der Waals surface area contributed by atoms with E-state index < -0.39 is 5.63 Å². The first-order valence-electron chi connectivity index (χ1n) is 7.24. The number of hydrogen-bond acceptors (Lipinski definition) is 5. The maximum absolute atomic E-state index is 12.4. The second-order valence-corrected chi connectivity index (χ2v) is 5.33. The molecule has 0 fully saturated rings. The van der Waals surface area contributed by atoms with Crippen molar-refractivity contribution in [1.29, 1.82) is 0 Å². The zero-order chi connectivity index (χ0) is 17.3. The van der Waals surface area contributed by atoms with E-state index in [1.807, 2.05) is 0 Å². The lowest BCUT2D eigenvalue weighted by Gasteiger charge is -2.10. The Labute approximate surface area is 137 Å². The molecular formula is C19H14O5. The van der Waals surface area contributed by atoms with Gasteiger partial charge in [0.05, 0.1) is 5.39 Å². The minimum atomic E-state index is -0.790. The van der Waals surface area contributed by atoms with Gasteiger partial charge in [0.2, 0.25) is 0 Å². The van der Waals surface area contributed by atoms with E-state index in [0.717, 1.165) is 0 Å². The highest BCUT2D eigenvalue weighted by Gasteiger charge is 2.19. The molecule has 1 heterocycles. The van der Waals surface area contributed by atoms with Gasteiger partial charge in [-0.15, -0.1) is 0 Å². The van der Waals surface area contributed by atoms with Crippen LogP contribution in [-0.2, 0) is 4.79 Å². The summed E-state index contributed by atoms with van der Waals surface area (Å²) in [6.45, 7) is 1.36. The molecule has 0 aliphatic carbocycles. The third-order valence-corrected chi connectivity index (χ3v) is 3.57. The quantitative estimate of drug-likeness (QED) is 0.571. The Morgan fingerprint density at radius 3 is 2.46 bits per heavy atom. The summed E-state index contributed by atoms with van der Waals surface area (Å²) in [7, 11) is 0. The summed E-state index contributed by atoms with van der Waals surface area (Å²) in [6, 6.07) is 12.9. The Hall–Kier alpha value is -3.34. The van der Waals surface area contributed by atoms with Crippen molar-refractivity contribution in [3.8, 4) is 11.5 Å². The van der Waals surface area contributed by atoms with Crippen molar-refractivity contribution in [1.82, 2.24) is 0 Å². The van der Waals surface area contributed by atoms with Crippen molar-refractivity contribution in [2.24, 2.45) is 0 Å². The van der Waals surface area contributed by atoms with Crippen LogP contribution in [0.15, 0.2) is 63.8 Å². The fourth-order valence-corrected chi connectivity index (χ4v) is 2.53. The molecule has 0 saturated carbocycles. The van der Waals surface area contributed by atoms with Gasteiger partial charge in [0.15, 0.2) is 5.78 Å². The molecule has 0 saturated heterocycles. The Morgan fingerprint density at radius 1 is 1.08 bits per heavy atom. The van der Waals surface area contributed by atoms with Crippen LogP contribution >= 0.6 is 0 Å². The highest BCUT2D eigenvalue weighted by Crippen LogP contribution is 2.34. The van der Waals surface area contributed by atoms with Gasteiger partial charge in [0.25, 0.3) is 0 Å². The van der Waals surface area contributed by atoms with Gasteiger partial charge in [0.1, 0.15) is 22.6 Å². The van der Waals surface area contributed by atoms with Crippen LogP contribution in [0.2, 0.25) is 0 Å². The predicted molar refractivity (Wildman–Crippen MR) is 90.0 cm³/mol. The molecule has 0 aliphatic heterocycles. The number of rotatable bonds is 3. The molecule has 0 spiro atoms. The van der Waals surface area contributed by atoms with Gasteiger partial charge in [-0.3, -0.25) is 4.79 Å². The predicted octanol–water partition coefficient (Wildman–Crippen LogP) is 3.22. The highest BCUT2D eigenvalue weighted by atomic mass is 16.4. The van der Waals surface area contributed by atoms with Gasteiger partial charge in [-0.2, -0.15) is 0 Å². The normalized spacial score (nSPS) is 11.6. The molecule has 2 aromatic carbocycles. The van der Waals surface area contributed by atoms with Gasteiger partial charge in [-0.1, -0.05) is 30.3 Å². The second-order valence-electron chi connectivity index (χ2n) is 5.33. The van der Waals surface area contributed by atoms with Gasteiger partial charge in [-0.05, 0) is 30.7 Å². The molecule has 120 valence electrons. The van der Waals surface area contributed by atoms with Crippen molar-refractivity contribution in [2.45, 2.75) is 6.92 Å². The van der Waals surface area contributed by atoms with Crippen molar-refractivity contribution in [3.05, 3.63) is 76.2 Å². The van der Waals surface area contributed by atoms with Crippen molar-refractivity contribution < 1.29 is 19.4 Å². The van der Waals surface area contributed by atoms with Crippen molar-refractivity contribution in [3.63, 3.8) is 0 Å². The fourth-order valence-electron chi connectivity index (χ4n) is 2.53.